The van der Waals surface area contributed by atoms with Gasteiger partial charge in [-0.15, -0.1) is 0 Å². The number of hydrogen-bond acceptors (Lipinski definition) is 4. The standard InChI is InChI=1S/C12H15F3O4S2/c1-18-10-4-6-11(7-5-10)20(8-2-3-9-20)19-21(16,17)12(13,14)15/h4-7H,2-3,8-9H2,1H3. The lowest BCUT2D eigenvalue weighted by atomic mass is 10.3. The molecule has 0 aliphatic carbocycles. The summed E-state index contributed by atoms with van der Waals surface area (Å²) in [5, 5.41) is 0. The van der Waals surface area contributed by atoms with E-state index in [-0.39, 0.29) is 0 Å². The Labute approximate surface area is 122 Å². The Kier molecular flexibility index (Phi) is 4.46. The summed E-state index contributed by atoms with van der Waals surface area (Å²) in [5.41, 5.74) is -5.40. The minimum absolute atomic E-state index is 0.314. The van der Waals surface area contributed by atoms with E-state index in [1.54, 1.807) is 24.3 Å². The first-order valence-corrected chi connectivity index (χ1v) is 9.46. The summed E-state index contributed by atoms with van der Waals surface area (Å²) < 4.78 is 70.1. The minimum atomic E-state index is -5.60. The Hall–Kier alpha value is -0.930. The van der Waals surface area contributed by atoms with Crippen molar-refractivity contribution in [2.45, 2.75) is 23.2 Å². The average molecular weight is 344 g/mol. The monoisotopic (exact) mass is 344 g/mol. The fourth-order valence-electron chi connectivity index (χ4n) is 2.15. The fraction of sp³-hybridized carbons (Fsp3) is 0.500. The van der Waals surface area contributed by atoms with Crippen molar-refractivity contribution in [2.24, 2.45) is 0 Å². The smallest absolute Gasteiger partial charge is 0.497 e. The van der Waals surface area contributed by atoms with Crippen LogP contribution in [0.2, 0.25) is 0 Å². The van der Waals surface area contributed by atoms with Gasteiger partial charge in [0.05, 0.1) is 7.11 Å². The number of hydrogen-bond donors (Lipinski definition) is 0. The second kappa shape index (κ2) is 5.69. The Bertz CT molecular complexity index is 590. The van der Waals surface area contributed by atoms with Crippen molar-refractivity contribution in [1.82, 2.24) is 0 Å². The van der Waals surface area contributed by atoms with E-state index >= 15 is 0 Å². The first kappa shape index (κ1) is 16.4. The van der Waals surface area contributed by atoms with Crippen LogP contribution < -0.4 is 4.74 Å². The molecule has 0 saturated carbocycles. The molecule has 1 heterocycles. The lowest BCUT2D eigenvalue weighted by molar-refractivity contribution is -0.0496. The van der Waals surface area contributed by atoms with Crippen molar-refractivity contribution in [1.29, 1.82) is 0 Å². The van der Waals surface area contributed by atoms with Gasteiger partial charge in [0.1, 0.15) is 5.75 Å². The molecule has 0 amide bonds. The second-order valence-electron chi connectivity index (χ2n) is 4.57. The molecule has 9 heteroatoms. The van der Waals surface area contributed by atoms with Crippen molar-refractivity contribution in [3.63, 3.8) is 0 Å². The molecule has 1 aromatic carbocycles. The first-order chi connectivity index (χ1) is 9.70. The first-order valence-electron chi connectivity index (χ1n) is 6.15. The summed E-state index contributed by atoms with van der Waals surface area (Å²) in [4.78, 5) is 0.494. The molecule has 0 aromatic heterocycles. The zero-order chi connectivity index (χ0) is 15.7. The summed E-state index contributed by atoms with van der Waals surface area (Å²) in [5.74, 6) is 1.17. The predicted octanol–water partition coefficient (Wildman–Crippen LogP) is 3.43. The Morgan fingerprint density at radius 3 is 2.05 bits per heavy atom. The van der Waals surface area contributed by atoms with E-state index in [9.17, 15) is 21.6 Å². The number of ether oxygens (including phenoxy) is 1. The third-order valence-electron chi connectivity index (χ3n) is 3.19. The SMILES string of the molecule is COc1ccc(S2(OS(=O)(=O)C(F)(F)F)CCCC2)cc1. The second-order valence-corrected chi connectivity index (χ2v) is 9.40. The van der Waals surface area contributed by atoms with Gasteiger partial charge in [0.25, 0.3) is 0 Å². The minimum Gasteiger partial charge on any atom is -0.497 e. The summed E-state index contributed by atoms with van der Waals surface area (Å²) >= 11 is 0. The van der Waals surface area contributed by atoms with Gasteiger partial charge in [-0.2, -0.15) is 21.6 Å². The average Bonchev–Trinajstić information content (AvgIpc) is 2.86. The molecule has 1 aromatic rings. The molecule has 0 spiro atoms. The van der Waals surface area contributed by atoms with E-state index in [0.717, 1.165) is 0 Å². The molecule has 120 valence electrons. The van der Waals surface area contributed by atoms with Crippen LogP contribution in [0.15, 0.2) is 29.2 Å². The van der Waals surface area contributed by atoms with Crippen molar-refractivity contribution in [3.8, 4) is 5.75 Å². The van der Waals surface area contributed by atoms with E-state index in [1.165, 1.54) is 7.11 Å². The van der Waals surface area contributed by atoms with Crippen LogP contribution in [0.4, 0.5) is 13.2 Å². The summed E-state index contributed by atoms with van der Waals surface area (Å²) in [7, 11) is -6.60. The number of rotatable bonds is 4. The maximum absolute atomic E-state index is 12.6. The molecular formula is C12H15F3O4S2. The quantitative estimate of drug-likeness (QED) is 0.785. The summed E-state index contributed by atoms with van der Waals surface area (Å²) in [6, 6.07) is 6.33. The Morgan fingerprint density at radius 1 is 1.10 bits per heavy atom. The Morgan fingerprint density at radius 2 is 1.62 bits per heavy atom. The molecule has 0 radical (unpaired) electrons. The highest BCUT2D eigenvalue weighted by molar-refractivity contribution is 8.33. The molecule has 0 N–H and O–H groups in total. The third kappa shape index (κ3) is 3.29. The number of benzene rings is 1. The molecule has 4 nitrogen and oxygen atoms in total. The normalized spacial score (nSPS) is 20.2. The van der Waals surface area contributed by atoms with Crippen LogP contribution in [-0.4, -0.2) is 32.5 Å². The summed E-state index contributed by atoms with van der Waals surface area (Å²) in [6.07, 6.45) is 1.30. The molecule has 21 heavy (non-hydrogen) atoms. The largest absolute Gasteiger partial charge is 0.523 e. The number of methoxy groups -OCH3 is 1. The topological polar surface area (TPSA) is 52.6 Å². The van der Waals surface area contributed by atoms with Gasteiger partial charge >= 0.3 is 15.6 Å². The fourth-order valence-corrected chi connectivity index (χ4v) is 7.34. The lowest BCUT2D eigenvalue weighted by Gasteiger charge is -2.34. The van der Waals surface area contributed by atoms with E-state index in [0.29, 0.717) is 35.0 Å². The van der Waals surface area contributed by atoms with Crippen molar-refractivity contribution in [2.75, 3.05) is 18.6 Å². The van der Waals surface area contributed by atoms with Crippen molar-refractivity contribution in [3.05, 3.63) is 24.3 Å². The summed E-state index contributed by atoms with van der Waals surface area (Å²) in [6.45, 7) is 0. The molecule has 1 aliphatic rings. The predicted molar refractivity (Wildman–Crippen MR) is 73.9 cm³/mol. The van der Waals surface area contributed by atoms with Crippen LogP contribution in [0.3, 0.4) is 0 Å². The molecule has 2 rings (SSSR count). The van der Waals surface area contributed by atoms with Gasteiger partial charge in [-0.25, -0.2) is 3.63 Å². The number of alkyl halides is 3. The zero-order valence-corrected chi connectivity index (χ0v) is 12.9. The molecule has 1 fully saturated rings. The maximum atomic E-state index is 12.6. The molecular weight excluding hydrogens is 329 g/mol. The molecule has 1 aliphatic heterocycles. The van der Waals surface area contributed by atoms with Crippen LogP contribution in [0.25, 0.3) is 0 Å². The zero-order valence-electron chi connectivity index (χ0n) is 11.2. The van der Waals surface area contributed by atoms with Gasteiger partial charge in [-0.05, 0) is 37.1 Å². The van der Waals surface area contributed by atoms with Crippen molar-refractivity contribution < 1.29 is 30.0 Å². The van der Waals surface area contributed by atoms with Crippen molar-refractivity contribution >= 4 is 20.4 Å². The van der Waals surface area contributed by atoms with E-state index in [4.69, 9.17) is 8.37 Å². The molecule has 0 bridgehead atoms. The molecule has 0 unspecified atom stereocenters. The van der Waals surface area contributed by atoms with E-state index in [2.05, 4.69) is 0 Å². The van der Waals surface area contributed by atoms with E-state index < -0.39 is 25.9 Å². The van der Waals surface area contributed by atoms with Gasteiger partial charge in [0.15, 0.2) is 0 Å². The van der Waals surface area contributed by atoms with Gasteiger partial charge in [-0.3, -0.25) is 0 Å². The van der Waals surface area contributed by atoms with Crippen LogP contribution in [0, 0.1) is 0 Å². The van der Waals surface area contributed by atoms with E-state index in [1.807, 2.05) is 0 Å². The molecule has 0 atom stereocenters. The highest BCUT2D eigenvalue weighted by atomic mass is 32.3. The highest BCUT2D eigenvalue weighted by Crippen LogP contribution is 2.63. The maximum Gasteiger partial charge on any atom is 0.523 e. The third-order valence-corrected chi connectivity index (χ3v) is 8.54. The van der Waals surface area contributed by atoms with Crippen LogP contribution in [0.1, 0.15) is 12.8 Å². The van der Waals surface area contributed by atoms with Crippen LogP contribution in [-0.2, 0) is 13.7 Å². The Balaban J connectivity index is 2.37. The van der Waals surface area contributed by atoms with Crippen LogP contribution in [0.5, 0.6) is 5.75 Å². The van der Waals surface area contributed by atoms with Crippen LogP contribution >= 0.6 is 10.3 Å². The highest BCUT2D eigenvalue weighted by Gasteiger charge is 2.51. The lowest BCUT2D eigenvalue weighted by Crippen LogP contribution is -2.27. The van der Waals surface area contributed by atoms with Gasteiger partial charge < -0.3 is 4.74 Å². The molecule has 1 saturated heterocycles. The number of halogens is 3. The van der Waals surface area contributed by atoms with Gasteiger partial charge in [0.2, 0.25) is 0 Å². The van der Waals surface area contributed by atoms with Gasteiger partial charge in [-0.1, -0.05) is 10.3 Å². The van der Waals surface area contributed by atoms with Gasteiger partial charge in [0, 0.05) is 16.4 Å².